The number of furan rings is 1. The van der Waals surface area contributed by atoms with Crippen LogP contribution in [0.1, 0.15) is 39.0 Å². The van der Waals surface area contributed by atoms with Gasteiger partial charge in [0.15, 0.2) is 0 Å². The monoisotopic (exact) mass is 644 g/mol. The minimum atomic E-state index is -1.23. The minimum absolute atomic E-state index is 0.285. The first-order chi connectivity index (χ1) is 18.0. The van der Waals surface area contributed by atoms with E-state index in [1.165, 1.54) is 27.7 Å². The molecule has 1 saturated heterocycles. The standard InChI is InChI=1S/C27H30O10Te/c1-15-8-10-20(11-9-15)38-24(21-7-6-12-32-21)13-22-25(34-17(3)29)27(36-19(5)31)26(35-18(4)30)23(37-22)14-33-16(2)28/h6-13,22-23,25-27H,14H2,1-5H3/b24-13+/t22-,23-,25+,26-,27-/m1/s1. The van der Waals surface area contributed by atoms with Crippen LogP contribution in [0, 0.1) is 6.92 Å². The van der Waals surface area contributed by atoms with Crippen molar-refractivity contribution in [2.45, 2.75) is 65.1 Å². The second-order valence-corrected chi connectivity index (χ2v) is 11.8. The van der Waals surface area contributed by atoms with Gasteiger partial charge in [0, 0.05) is 0 Å². The maximum atomic E-state index is 12.1. The fourth-order valence-electron chi connectivity index (χ4n) is 3.86. The number of aryl methyl sites for hydroxylation is 1. The zero-order valence-corrected chi connectivity index (χ0v) is 24.0. The molecule has 2 aromatic rings. The average Bonchev–Trinajstić information content (AvgIpc) is 3.36. The molecule has 0 N–H and O–H groups in total. The van der Waals surface area contributed by atoms with Crippen molar-refractivity contribution in [1.29, 1.82) is 0 Å². The Balaban J connectivity index is 2.09. The van der Waals surface area contributed by atoms with Gasteiger partial charge in [-0.25, -0.2) is 0 Å². The number of rotatable bonds is 9. The Hall–Kier alpha value is -3.13. The molecule has 0 unspecified atom stereocenters. The summed E-state index contributed by atoms with van der Waals surface area (Å²) in [7, 11) is 0. The molecule has 38 heavy (non-hydrogen) atoms. The van der Waals surface area contributed by atoms with Crippen LogP contribution in [0.15, 0.2) is 53.2 Å². The van der Waals surface area contributed by atoms with E-state index in [4.69, 9.17) is 28.1 Å². The summed E-state index contributed by atoms with van der Waals surface area (Å²) in [6.45, 7) is 6.54. The van der Waals surface area contributed by atoms with Gasteiger partial charge in [0.1, 0.15) is 0 Å². The zero-order chi connectivity index (χ0) is 27.8. The van der Waals surface area contributed by atoms with Crippen molar-refractivity contribution in [3.05, 3.63) is 60.1 Å². The van der Waals surface area contributed by atoms with Crippen molar-refractivity contribution < 1.29 is 47.3 Å². The van der Waals surface area contributed by atoms with Crippen LogP contribution >= 0.6 is 0 Å². The Morgan fingerprint density at radius 2 is 1.45 bits per heavy atom. The summed E-state index contributed by atoms with van der Waals surface area (Å²) in [6.07, 6.45) is -2.23. The summed E-state index contributed by atoms with van der Waals surface area (Å²) in [4.78, 5) is 47.7. The molecule has 1 aliphatic heterocycles. The van der Waals surface area contributed by atoms with Gasteiger partial charge < -0.3 is 0 Å². The van der Waals surface area contributed by atoms with E-state index in [9.17, 15) is 19.2 Å². The van der Waals surface area contributed by atoms with Crippen LogP contribution in [0.3, 0.4) is 0 Å². The third-order valence-corrected chi connectivity index (χ3v) is 8.39. The number of esters is 4. The molecule has 0 bridgehead atoms. The van der Waals surface area contributed by atoms with Gasteiger partial charge >= 0.3 is 231 Å². The molecule has 11 heteroatoms. The van der Waals surface area contributed by atoms with Gasteiger partial charge in [-0.15, -0.1) is 0 Å². The summed E-state index contributed by atoms with van der Waals surface area (Å²) in [6, 6.07) is 11.7. The van der Waals surface area contributed by atoms with E-state index < -0.39 is 75.3 Å². The van der Waals surface area contributed by atoms with E-state index in [2.05, 4.69) is 0 Å². The van der Waals surface area contributed by atoms with Crippen molar-refractivity contribution in [2.24, 2.45) is 0 Å². The molecule has 204 valence electrons. The molecule has 1 aromatic carbocycles. The second kappa shape index (κ2) is 13.6. The fourth-order valence-corrected chi connectivity index (χ4v) is 6.56. The van der Waals surface area contributed by atoms with Crippen LogP contribution < -0.4 is 3.61 Å². The van der Waals surface area contributed by atoms with E-state index in [1.54, 1.807) is 18.4 Å². The molecule has 1 fully saturated rings. The topological polar surface area (TPSA) is 128 Å². The van der Waals surface area contributed by atoms with Crippen molar-refractivity contribution in [3.63, 3.8) is 0 Å². The number of ether oxygens (including phenoxy) is 5. The number of benzene rings is 1. The van der Waals surface area contributed by atoms with Crippen molar-refractivity contribution in [2.75, 3.05) is 6.61 Å². The predicted molar refractivity (Wildman–Crippen MR) is 135 cm³/mol. The molecule has 5 atom stereocenters. The Bertz CT molecular complexity index is 1160. The Kier molecular flexibility index (Phi) is 10.5. The SMILES string of the molecule is CC(=O)OC[C@H]1O[C@H](/C=C(/[Te]c2ccc(C)cc2)c2ccco2)[C@H](OC(C)=O)[C@@H](OC(C)=O)[C@@H]1OC(C)=O. The van der Waals surface area contributed by atoms with Gasteiger partial charge in [0.05, 0.1) is 0 Å². The Labute approximate surface area is 230 Å². The van der Waals surface area contributed by atoms with E-state index in [0.29, 0.717) is 5.76 Å². The number of carbonyl (C=O) groups excluding carboxylic acids is 4. The molecule has 1 aliphatic rings. The first-order valence-corrected chi connectivity index (χ1v) is 14.2. The Morgan fingerprint density at radius 3 is 2.00 bits per heavy atom. The normalized spacial score (nSPS) is 23.3. The zero-order valence-electron chi connectivity index (χ0n) is 21.7. The van der Waals surface area contributed by atoms with Crippen LogP contribution in [0.5, 0.6) is 0 Å². The van der Waals surface area contributed by atoms with E-state index in [1.807, 2.05) is 37.3 Å². The Morgan fingerprint density at radius 1 is 0.842 bits per heavy atom. The summed E-state index contributed by atoms with van der Waals surface area (Å²) in [5, 5.41) is 0. The van der Waals surface area contributed by atoms with Gasteiger partial charge in [-0.2, -0.15) is 0 Å². The average molecular weight is 642 g/mol. The van der Waals surface area contributed by atoms with Crippen LogP contribution in [0.25, 0.3) is 3.62 Å². The molecule has 2 heterocycles. The van der Waals surface area contributed by atoms with Crippen LogP contribution in [0.2, 0.25) is 0 Å². The van der Waals surface area contributed by atoms with E-state index >= 15 is 0 Å². The van der Waals surface area contributed by atoms with Crippen molar-refractivity contribution in [3.8, 4) is 0 Å². The van der Waals surface area contributed by atoms with Gasteiger partial charge in [0.2, 0.25) is 0 Å². The third kappa shape index (κ3) is 8.45. The summed E-state index contributed by atoms with van der Waals surface area (Å²) in [5.74, 6) is -1.97. The van der Waals surface area contributed by atoms with Gasteiger partial charge in [-0.05, 0) is 0 Å². The molecular formula is C27H30O10Te. The van der Waals surface area contributed by atoms with E-state index in [0.717, 1.165) is 12.8 Å². The number of hydrogen-bond donors (Lipinski definition) is 0. The molecule has 0 radical (unpaired) electrons. The first-order valence-electron chi connectivity index (χ1n) is 11.8. The predicted octanol–water partition coefficient (Wildman–Crippen LogP) is 2.08. The molecule has 0 aliphatic carbocycles. The first kappa shape index (κ1) is 29.4. The van der Waals surface area contributed by atoms with Crippen LogP contribution in [0.4, 0.5) is 0 Å². The number of hydrogen-bond acceptors (Lipinski definition) is 10. The molecule has 3 rings (SSSR count). The van der Waals surface area contributed by atoms with Gasteiger partial charge in [0.25, 0.3) is 0 Å². The molecule has 0 amide bonds. The van der Waals surface area contributed by atoms with Gasteiger partial charge in [-0.1, -0.05) is 0 Å². The molecular weight excluding hydrogens is 612 g/mol. The molecule has 0 spiro atoms. The maximum absolute atomic E-state index is 12.1. The molecule has 10 nitrogen and oxygen atoms in total. The van der Waals surface area contributed by atoms with Gasteiger partial charge in [-0.3, -0.25) is 0 Å². The van der Waals surface area contributed by atoms with Crippen molar-refractivity contribution in [1.82, 2.24) is 0 Å². The molecule has 1 aromatic heterocycles. The molecule has 0 saturated carbocycles. The van der Waals surface area contributed by atoms with E-state index in [-0.39, 0.29) is 6.61 Å². The fraction of sp³-hybridized carbons (Fsp3) is 0.407. The summed E-state index contributed by atoms with van der Waals surface area (Å²) < 4.78 is 35.6. The summed E-state index contributed by atoms with van der Waals surface area (Å²) in [5.41, 5.74) is 1.13. The summed E-state index contributed by atoms with van der Waals surface area (Å²) >= 11 is -1.02. The van der Waals surface area contributed by atoms with Crippen molar-refractivity contribution >= 4 is 52.0 Å². The third-order valence-electron chi connectivity index (χ3n) is 5.36. The van der Waals surface area contributed by atoms with Crippen LogP contribution in [-0.2, 0) is 42.9 Å². The quantitative estimate of drug-likeness (QED) is 0.228. The van der Waals surface area contributed by atoms with Crippen LogP contribution in [-0.4, -0.2) is 81.9 Å². The number of carbonyl (C=O) groups is 4. The second-order valence-electron chi connectivity index (χ2n) is 8.59.